The Bertz CT molecular complexity index is 618. The van der Waals surface area contributed by atoms with E-state index in [0.717, 1.165) is 24.7 Å². The van der Waals surface area contributed by atoms with Gasteiger partial charge >= 0.3 is 0 Å². The van der Waals surface area contributed by atoms with Crippen LogP contribution in [0, 0.1) is 5.92 Å². The molecule has 2 aromatic heterocycles. The Morgan fingerprint density at radius 3 is 3.05 bits per heavy atom. The molecule has 2 aromatic rings. The van der Waals surface area contributed by atoms with Gasteiger partial charge in [-0.25, -0.2) is 0 Å². The van der Waals surface area contributed by atoms with Crippen molar-refractivity contribution in [1.29, 1.82) is 0 Å². The van der Waals surface area contributed by atoms with Crippen LogP contribution in [0.15, 0.2) is 23.6 Å². The molecule has 0 saturated carbocycles. The van der Waals surface area contributed by atoms with Crippen molar-refractivity contribution in [3.8, 4) is 10.6 Å². The van der Waals surface area contributed by atoms with Gasteiger partial charge in [-0.15, -0.1) is 11.3 Å². The Morgan fingerprint density at radius 2 is 2.38 bits per heavy atom. The second kappa shape index (κ2) is 5.23. The second-order valence-electron chi connectivity index (χ2n) is 6.33. The molecule has 4 nitrogen and oxygen atoms in total. The van der Waals surface area contributed by atoms with E-state index in [0.29, 0.717) is 12.0 Å². The van der Waals surface area contributed by atoms with E-state index in [-0.39, 0.29) is 0 Å². The fourth-order valence-electron chi connectivity index (χ4n) is 4.09. The van der Waals surface area contributed by atoms with Crippen molar-refractivity contribution in [2.75, 3.05) is 19.6 Å². The Labute approximate surface area is 129 Å². The van der Waals surface area contributed by atoms with Crippen LogP contribution in [0.5, 0.6) is 0 Å². The molecule has 4 atom stereocenters. The summed E-state index contributed by atoms with van der Waals surface area (Å²) in [5, 5.41) is 6.85. The third kappa shape index (κ3) is 2.24. The fourth-order valence-corrected chi connectivity index (χ4v) is 4.77. The molecule has 4 unspecified atom stereocenters. The first-order valence-corrected chi connectivity index (χ1v) is 8.66. The highest BCUT2D eigenvalue weighted by atomic mass is 32.1. The number of hydrogen-bond acceptors (Lipinski definition) is 4. The van der Waals surface area contributed by atoms with Crippen molar-refractivity contribution in [2.45, 2.75) is 24.8 Å². The molecule has 0 aliphatic carbocycles. The number of fused-ring (bicyclic) bond motifs is 3. The van der Waals surface area contributed by atoms with Crippen LogP contribution >= 0.6 is 11.3 Å². The molecule has 0 amide bonds. The van der Waals surface area contributed by atoms with Crippen molar-refractivity contribution < 1.29 is 0 Å². The van der Waals surface area contributed by atoms with Gasteiger partial charge < -0.3 is 5.73 Å². The topological polar surface area (TPSA) is 47.1 Å². The summed E-state index contributed by atoms with van der Waals surface area (Å²) >= 11 is 1.76. The molecular weight excluding hydrogens is 280 g/mol. The standard InChI is InChI=1S/C16H22N4S/c1-19-15(8-14(18-19)16-3-2-6-21-16)13-10-20-5-4-11(13)7-12(20)9-17/h2-3,6,8,11-13H,4-5,7,9-10,17H2,1H3. The van der Waals surface area contributed by atoms with Gasteiger partial charge in [0.2, 0.25) is 0 Å². The quantitative estimate of drug-likeness (QED) is 0.946. The summed E-state index contributed by atoms with van der Waals surface area (Å²) in [4.78, 5) is 3.85. The number of nitrogens with two attached hydrogens (primary N) is 1. The van der Waals surface area contributed by atoms with E-state index in [1.807, 2.05) is 0 Å². The lowest BCUT2D eigenvalue weighted by atomic mass is 9.74. The Hall–Kier alpha value is -1.17. The minimum absolute atomic E-state index is 0.602. The highest BCUT2D eigenvalue weighted by molar-refractivity contribution is 7.13. The van der Waals surface area contributed by atoms with Gasteiger partial charge in [0.25, 0.3) is 0 Å². The smallest absolute Gasteiger partial charge is 0.103 e. The lowest BCUT2D eigenvalue weighted by Gasteiger charge is -2.49. The van der Waals surface area contributed by atoms with Crippen LogP contribution in [0.2, 0.25) is 0 Å². The summed E-state index contributed by atoms with van der Waals surface area (Å²) < 4.78 is 2.10. The minimum atomic E-state index is 0.602. The number of nitrogens with zero attached hydrogens (tertiary/aromatic N) is 3. The molecule has 5 rings (SSSR count). The minimum Gasteiger partial charge on any atom is -0.329 e. The lowest BCUT2D eigenvalue weighted by Crippen LogP contribution is -2.55. The summed E-state index contributed by atoms with van der Waals surface area (Å²) in [7, 11) is 2.09. The number of rotatable bonds is 3. The van der Waals surface area contributed by atoms with E-state index in [2.05, 4.69) is 40.2 Å². The molecule has 0 spiro atoms. The Morgan fingerprint density at radius 1 is 1.48 bits per heavy atom. The molecule has 5 heterocycles. The van der Waals surface area contributed by atoms with E-state index in [9.17, 15) is 0 Å². The monoisotopic (exact) mass is 302 g/mol. The van der Waals surface area contributed by atoms with Gasteiger partial charge in [-0.05, 0) is 42.8 Å². The number of thiophene rings is 1. The fraction of sp³-hybridized carbons (Fsp3) is 0.562. The van der Waals surface area contributed by atoms with Crippen molar-refractivity contribution in [1.82, 2.24) is 14.7 Å². The predicted octanol–water partition coefficient (Wildman–Crippen LogP) is 2.29. The first-order valence-electron chi connectivity index (χ1n) is 7.78. The molecular formula is C16H22N4S. The zero-order valence-electron chi connectivity index (χ0n) is 12.4. The normalized spacial score (nSPS) is 31.7. The van der Waals surface area contributed by atoms with Gasteiger partial charge in [0.1, 0.15) is 5.69 Å². The van der Waals surface area contributed by atoms with Crippen molar-refractivity contribution in [2.24, 2.45) is 18.7 Å². The lowest BCUT2D eigenvalue weighted by molar-refractivity contribution is 0.0322. The van der Waals surface area contributed by atoms with Crippen LogP contribution in [0.25, 0.3) is 10.6 Å². The Kier molecular flexibility index (Phi) is 3.36. The summed E-state index contributed by atoms with van der Waals surface area (Å²) in [6.45, 7) is 3.17. The molecule has 3 fully saturated rings. The maximum atomic E-state index is 5.91. The Balaban J connectivity index is 1.63. The van der Waals surface area contributed by atoms with Crippen LogP contribution in [-0.4, -0.2) is 40.4 Å². The van der Waals surface area contributed by atoms with Crippen LogP contribution in [0.1, 0.15) is 24.5 Å². The van der Waals surface area contributed by atoms with Gasteiger partial charge in [0.05, 0.1) is 4.88 Å². The van der Waals surface area contributed by atoms with Gasteiger partial charge in [0.15, 0.2) is 0 Å². The molecule has 112 valence electrons. The third-order valence-corrected chi connectivity index (χ3v) is 6.11. The van der Waals surface area contributed by atoms with Crippen LogP contribution < -0.4 is 5.73 Å². The molecule has 0 radical (unpaired) electrons. The average Bonchev–Trinajstić information content (AvgIpc) is 3.16. The molecule has 3 aliphatic heterocycles. The molecule has 3 aliphatic rings. The summed E-state index contributed by atoms with van der Waals surface area (Å²) in [6, 6.07) is 7.15. The number of hydrogen-bond donors (Lipinski definition) is 1. The highest BCUT2D eigenvalue weighted by Crippen LogP contribution is 2.42. The molecule has 2 bridgehead atoms. The van der Waals surface area contributed by atoms with E-state index < -0.39 is 0 Å². The highest BCUT2D eigenvalue weighted by Gasteiger charge is 2.41. The van der Waals surface area contributed by atoms with Crippen molar-refractivity contribution >= 4 is 11.3 Å². The number of piperidine rings is 3. The van der Waals surface area contributed by atoms with Gasteiger partial charge in [-0.3, -0.25) is 9.58 Å². The van der Waals surface area contributed by atoms with E-state index in [1.165, 1.54) is 30.0 Å². The van der Waals surface area contributed by atoms with E-state index in [1.54, 1.807) is 11.3 Å². The van der Waals surface area contributed by atoms with E-state index >= 15 is 0 Å². The van der Waals surface area contributed by atoms with Gasteiger partial charge in [0, 0.05) is 37.8 Å². The van der Waals surface area contributed by atoms with Crippen molar-refractivity contribution in [3.63, 3.8) is 0 Å². The average molecular weight is 302 g/mol. The summed E-state index contributed by atoms with van der Waals surface area (Å²) in [5.74, 6) is 1.39. The molecule has 5 heteroatoms. The number of aryl methyl sites for hydroxylation is 1. The van der Waals surface area contributed by atoms with Crippen LogP contribution in [0.4, 0.5) is 0 Å². The maximum absolute atomic E-state index is 5.91. The zero-order valence-corrected chi connectivity index (χ0v) is 13.2. The second-order valence-corrected chi connectivity index (χ2v) is 7.28. The zero-order chi connectivity index (χ0) is 14.4. The number of aromatic nitrogens is 2. The maximum Gasteiger partial charge on any atom is 0.103 e. The van der Waals surface area contributed by atoms with Crippen LogP contribution in [-0.2, 0) is 7.05 Å². The molecule has 3 saturated heterocycles. The first-order chi connectivity index (χ1) is 10.3. The van der Waals surface area contributed by atoms with Gasteiger partial charge in [-0.1, -0.05) is 6.07 Å². The predicted molar refractivity (Wildman–Crippen MR) is 86.4 cm³/mol. The summed E-state index contributed by atoms with van der Waals surface area (Å²) in [6.07, 6.45) is 2.56. The van der Waals surface area contributed by atoms with E-state index in [4.69, 9.17) is 10.8 Å². The van der Waals surface area contributed by atoms with Crippen molar-refractivity contribution in [3.05, 3.63) is 29.3 Å². The summed E-state index contributed by atoms with van der Waals surface area (Å²) in [5.41, 5.74) is 8.43. The molecule has 2 N–H and O–H groups in total. The SMILES string of the molecule is Cn1nc(-c2cccs2)cc1C1CN2CCC1CC2CN. The molecule has 21 heavy (non-hydrogen) atoms. The largest absolute Gasteiger partial charge is 0.329 e. The molecule has 0 aromatic carbocycles. The third-order valence-electron chi connectivity index (χ3n) is 5.22. The van der Waals surface area contributed by atoms with Crippen LogP contribution in [0.3, 0.4) is 0 Å². The van der Waals surface area contributed by atoms with Gasteiger partial charge in [-0.2, -0.15) is 5.10 Å². The first kappa shape index (κ1) is 13.5.